The van der Waals surface area contributed by atoms with Crippen LogP contribution in [0.5, 0.6) is 0 Å². The molecule has 2 aromatic rings. The van der Waals surface area contributed by atoms with Gasteiger partial charge in [0.2, 0.25) is 0 Å². The van der Waals surface area contributed by atoms with Crippen molar-refractivity contribution in [1.29, 1.82) is 0 Å². The van der Waals surface area contributed by atoms with Crippen molar-refractivity contribution in [3.05, 3.63) is 35.4 Å². The SMILES string of the molecule is NCc1noc(-c2ccc(F)c(F)c2F)n1. The van der Waals surface area contributed by atoms with Crippen molar-refractivity contribution >= 4 is 0 Å². The number of hydrogen-bond donors (Lipinski definition) is 1. The number of nitrogens with zero attached hydrogens (tertiary/aromatic N) is 2. The molecule has 0 aliphatic rings. The van der Waals surface area contributed by atoms with Crippen LogP contribution in [-0.2, 0) is 6.54 Å². The van der Waals surface area contributed by atoms with Crippen LogP contribution in [0.25, 0.3) is 11.5 Å². The molecule has 2 rings (SSSR count). The smallest absolute Gasteiger partial charge is 0.261 e. The van der Waals surface area contributed by atoms with E-state index in [1.807, 2.05) is 0 Å². The third kappa shape index (κ3) is 1.65. The summed E-state index contributed by atoms with van der Waals surface area (Å²) in [5, 5.41) is 3.41. The van der Waals surface area contributed by atoms with Crippen LogP contribution in [0.1, 0.15) is 5.82 Å². The van der Waals surface area contributed by atoms with E-state index < -0.39 is 17.5 Å². The van der Waals surface area contributed by atoms with Gasteiger partial charge in [-0.3, -0.25) is 0 Å². The number of halogens is 3. The molecule has 0 saturated carbocycles. The largest absolute Gasteiger partial charge is 0.334 e. The summed E-state index contributed by atoms with van der Waals surface area (Å²) in [7, 11) is 0. The van der Waals surface area contributed by atoms with E-state index in [9.17, 15) is 13.2 Å². The molecule has 0 bridgehead atoms. The molecule has 84 valence electrons. The van der Waals surface area contributed by atoms with Crippen molar-refractivity contribution in [2.45, 2.75) is 6.54 Å². The standard InChI is InChI=1S/C9H6F3N3O/c10-5-2-1-4(7(11)8(5)12)9-14-6(3-13)15-16-9/h1-2H,3,13H2. The summed E-state index contributed by atoms with van der Waals surface area (Å²) in [6, 6.07) is 1.79. The highest BCUT2D eigenvalue weighted by Crippen LogP contribution is 2.24. The van der Waals surface area contributed by atoms with Crippen LogP contribution in [0.2, 0.25) is 0 Å². The minimum Gasteiger partial charge on any atom is -0.334 e. The Morgan fingerprint density at radius 3 is 2.56 bits per heavy atom. The fourth-order valence-corrected chi connectivity index (χ4v) is 1.14. The number of aromatic nitrogens is 2. The predicted octanol–water partition coefficient (Wildman–Crippen LogP) is 1.61. The number of rotatable bonds is 2. The van der Waals surface area contributed by atoms with E-state index in [1.54, 1.807) is 0 Å². The van der Waals surface area contributed by atoms with Crippen molar-refractivity contribution in [2.75, 3.05) is 0 Å². The van der Waals surface area contributed by atoms with Gasteiger partial charge in [-0.1, -0.05) is 5.16 Å². The lowest BCUT2D eigenvalue weighted by Crippen LogP contribution is -1.98. The maximum Gasteiger partial charge on any atom is 0.261 e. The van der Waals surface area contributed by atoms with Gasteiger partial charge < -0.3 is 10.3 Å². The van der Waals surface area contributed by atoms with Crippen molar-refractivity contribution in [2.24, 2.45) is 5.73 Å². The van der Waals surface area contributed by atoms with Gasteiger partial charge in [-0.15, -0.1) is 0 Å². The first-order chi connectivity index (χ1) is 7.63. The molecule has 0 saturated heterocycles. The van der Waals surface area contributed by atoms with E-state index >= 15 is 0 Å². The van der Waals surface area contributed by atoms with Gasteiger partial charge in [-0.2, -0.15) is 4.98 Å². The highest BCUT2D eigenvalue weighted by atomic mass is 19.2. The second kappa shape index (κ2) is 3.93. The Labute approximate surface area is 87.9 Å². The van der Waals surface area contributed by atoms with E-state index in [4.69, 9.17) is 5.73 Å². The Balaban J connectivity index is 2.52. The van der Waals surface area contributed by atoms with Crippen LogP contribution in [-0.4, -0.2) is 10.1 Å². The molecular weight excluding hydrogens is 223 g/mol. The fraction of sp³-hybridized carbons (Fsp3) is 0.111. The topological polar surface area (TPSA) is 64.9 Å². The summed E-state index contributed by atoms with van der Waals surface area (Å²) in [5.74, 6) is -4.31. The third-order valence-electron chi connectivity index (χ3n) is 1.92. The van der Waals surface area contributed by atoms with E-state index in [0.717, 1.165) is 12.1 Å². The molecule has 7 heteroatoms. The van der Waals surface area contributed by atoms with Crippen LogP contribution >= 0.6 is 0 Å². The average molecular weight is 229 g/mol. The van der Waals surface area contributed by atoms with Gasteiger partial charge in [0.1, 0.15) is 0 Å². The lowest BCUT2D eigenvalue weighted by atomic mass is 10.2. The number of nitrogens with two attached hydrogens (primary N) is 1. The molecular formula is C9H6F3N3O. The zero-order chi connectivity index (χ0) is 11.7. The summed E-state index contributed by atoms with van der Waals surface area (Å²) in [6.45, 7) is 0.00873. The van der Waals surface area contributed by atoms with Crippen molar-refractivity contribution < 1.29 is 17.7 Å². The van der Waals surface area contributed by atoms with Gasteiger partial charge >= 0.3 is 0 Å². The second-order valence-electron chi connectivity index (χ2n) is 2.94. The zero-order valence-corrected chi connectivity index (χ0v) is 7.88. The van der Waals surface area contributed by atoms with E-state index in [2.05, 4.69) is 14.7 Å². The van der Waals surface area contributed by atoms with Crippen LogP contribution in [0, 0.1) is 17.5 Å². The molecule has 16 heavy (non-hydrogen) atoms. The molecule has 0 amide bonds. The predicted molar refractivity (Wildman–Crippen MR) is 47.5 cm³/mol. The number of benzene rings is 1. The molecule has 0 aliphatic heterocycles. The quantitative estimate of drug-likeness (QED) is 0.794. The Kier molecular flexibility index (Phi) is 2.61. The second-order valence-corrected chi connectivity index (χ2v) is 2.94. The Morgan fingerprint density at radius 1 is 1.19 bits per heavy atom. The average Bonchev–Trinajstić information content (AvgIpc) is 2.74. The lowest BCUT2D eigenvalue weighted by Gasteiger charge is -1.98. The molecule has 2 N–H and O–H groups in total. The van der Waals surface area contributed by atoms with Crippen molar-refractivity contribution in [1.82, 2.24) is 10.1 Å². The summed E-state index contributed by atoms with van der Waals surface area (Å²) < 4.78 is 43.5. The van der Waals surface area contributed by atoms with Gasteiger partial charge in [-0.25, -0.2) is 13.2 Å². The van der Waals surface area contributed by atoms with Crippen LogP contribution in [0.15, 0.2) is 16.7 Å². The minimum atomic E-state index is -1.58. The molecule has 4 nitrogen and oxygen atoms in total. The summed E-state index contributed by atoms with van der Waals surface area (Å²) in [5.41, 5.74) is 4.92. The van der Waals surface area contributed by atoms with Gasteiger partial charge in [0.15, 0.2) is 23.3 Å². The van der Waals surface area contributed by atoms with E-state index in [0.29, 0.717) is 0 Å². The van der Waals surface area contributed by atoms with E-state index in [1.165, 1.54) is 0 Å². The molecule has 1 aromatic heterocycles. The monoisotopic (exact) mass is 229 g/mol. The third-order valence-corrected chi connectivity index (χ3v) is 1.92. The molecule has 0 radical (unpaired) electrons. The molecule has 0 atom stereocenters. The number of hydrogen-bond acceptors (Lipinski definition) is 4. The Bertz CT molecular complexity index is 527. The molecule has 0 spiro atoms. The molecule has 0 unspecified atom stereocenters. The van der Waals surface area contributed by atoms with Crippen LogP contribution in [0.3, 0.4) is 0 Å². The first-order valence-electron chi connectivity index (χ1n) is 4.30. The van der Waals surface area contributed by atoms with Crippen LogP contribution in [0.4, 0.5) is 13.2 Å². The highest BCUT2D eigenvalue weighted by molar-refractivity contribution is 5.53. The highest BCUT2D eigenvalue weighted by Gasteiger charge is 2.18. The summed E-state index contributed by atoms with van der Waals surface area (Å²) in [6.07, 6.45) is 0. The molecule has 1 aromatic carbocycles. The summed E-state index contributed by atoms with van der Waals surface area (Å²) >= 11 is 0. The first-order valence-corrected chi connectivity index (χ1v) is 4.30. The lowest BCUT2D eigenvalue weighted by molar-refractivity contribution is 0.413. The van der Waals surface area contributed by atoms with Gasteiger partial charge in [-0.05, 0) is 12.1 Å². The molecule has 0 fully saturated rings. The molecule has 0 aliphatic carbocycles. The van der Waals surface area contributed by atoms with Gasteiger partial charge in [0.25, 0.3) is 5.89 Å². The maximum atomic E-state index is 13.3. The molecule has 1 heterocycles. The van der Waals surface area contributed by atoms with Gasteiger partial charge in [0, 0.05) is 0 Å². The van der Waals surface area contributed by atoms with Crippen LogP contribution < -0.4 is 5.73 Å². The zero-order valence-electron chi connectivity index (χ0n) is 7.88. The normalized spacial score (nSPS) is 10.8. The minimum absolute atomic E-state index is 0.00873. The summed E-state index contributed by atoms with van der Waals surface area (Å²) in [4.78, 5) is 3.70. The first kappa shape index (κ1) is 10.6. The maximum absolute atomic E-state index is 13.3. The Hall–Kier alpha value is -1.89. The fourth-order valence-electron chi connectivity index (χ4n) is 1.14. The van der Waals surface area contributed by atoms with Gasteiger partial charge in [0.05, 0.1) is 12.1 Å². The van der Waals surface area contributed by atoms with Crippen molar-refractivity contribution in [3.8, 4) is 11.5 Å². The van der Waals surface area contributed by atoms with E-state index in [-0.39, 0.29) is 23.8 Å². The van der Waals surface area contributed by atoms with Crippen molar-refractivity contribution in [3.63, 3.8) is 0 Å². The Morgan fingerprint density at radius 2 is 1.94 bits per heavy atom.